The van der Waals surface area contributed by atoms with Gasteiger partial charge in [-0.3, -0.25) is 9.80 Å². The standard InChI is InChI=1S/C25H27F3N2O4/c26-25(27,28)21-4-1-3-20(15-21)16-22(31)12-14-29-13-2-5-23(32)30(29)17-19-8-6-18(7-9-19)10-11-24(33)34/h1,3-4,6-11,15,22,31H,2,5,12-14,16-17H2,(H,33,34). The van der Waals surface area contributed by atoms with Crippen molar-refractivity contribution in [2.75, 3.05) is 13.1 Å². The molecule has 0 aromatic heterocycles. The van der Waals surface area contributed by atoms with Crippen molar-refractivity contribution in [2.45, 2.75) is 44.5 Å². The van der Waals surface area contributed by atoms with Crippen molar-refractivity contribution in [3.8, 4) is 0 Å². The molecule has 1 heterocycles. The molecule has 0 aliphatic carbocycles. The Balaban J connectivity index is 1.58. The topological polar surface area (TPSA) is 81.1 Å². The molecule has 2 N–H and O–H groups in total. The molecule has 1 aliphatic rings. The summed E-state index contributed by atoms with van der Waals surface area (Å²) in [5, 5.41) is 22.7. The van der Waals surface area contributed by atoms with E-state index in [0.29, 0.717) is 44.5 Å². The number of hydrazine groups is 1. The second-order valence-corrected chi connectivity index (χ2v) is 8.27. The lowest BCUT2D eigenvalue weighted by molar-refractivity contribution is -0.158. The second kappa shape index (κ2) is 11.3. The number of carboxylic acid groups (broad SMARTS) is 1. The lowest BCUT2D eigenvalue weighted by Gasteiger charge is -2.39. The van der Waals surface area contributed by atoms with E-state index < -0.39 is 23.8 Å². The summed E-state index contributed by atoms with van der Waals surface area (Å²) >= 11 is 0. The molecule has 1 fully saturated rings. The number of alkyl halides is 3. The van der Waals surface area contributed by atoms with Crippen LogP contribution in [0.2, 0.25) is 0 Å². The van der Waals surface area contributed by atoms with Gasteiger partial charge in [-0.15, -0.1) is 0 Å². The van der Waals surface area contributed by atoms with Gasteiger partial charge in [0.1, 0.15) is 0 Å². The van der Waals surface area contributed by atoms with Gasteiger partial charge in [0, 0.05) is 25.6 Å². The molecule has 0 bridgehead atoms. The highest BCUT2D eigenvalue weighted by atomic mass is 19.4. The van der Waals surface area contributed by atoms with Gasteiger partial charge in [0.25, 0.3) is 0 Å². The minimum Gasteiger partial charge on any atom is -0.478 e. The number of rotatable bonds is 9. The maximum atomic E-state index is 12.9. The van der Waals surface area contributed by atoms with Crippen LogP contribution in [0.25, 0.3) is 6.08 Å². The molecule has 1 atom stereocenters. The van der Waals surface area contributed by atoms with Crippen molar-refractivity contribution in [2.24, 2.45) is 0 Å². The van der Waals surface area contributed by atoms with Crippen LogP contribution in [0.4, 0.5) is 13.2 Å². The summed E-state index contributed by atoms with van der Waals surface area (Å²) in [4.78, 5) is 23.2. The maximum Gasteiger partial charge on any atom is 0.416 e. The van der Waals surface area contributed by atoms with E-state index in [1.807, 2.05) is 17.1 Å². The van der Waals surface area contributed by atoms with E-state index in [-0.39, 0.29) is 12.3 Å². The molecule has 2 aromatic carbocycles. The van der Waals surface area contributed by atoms with Gasteiger partial charge in [-0.1, -0.05) is 42.5 Å². The van der Waals surface area contributed by atoms with Crippen LogP contribution < -0.4 is 0 Å². The van der Waals surface area contributed by atoms with Crippen LogP contribution in [-0.4, -0.2) is 51.3 Å². The van der Waals surface area contributed by atoms with Crippen molar-refractivity contribution in [3.05, 3.63) is 76.9 Å². The van der Waals surface area contributed by atoms with E-state index in [4.69, 9.17) is 5.11 Å². The Morgan fingerprint density at radius 1 is 1.12 bits per heavy atom. The predicted octanol–water partition coefficient (Wildman–Crippen LogP) is 4.14. The highest BCUT2D eigenvalue weighted by molar-refractivity contribution is 5.85. The number of aliphatic hydroxyl groups excluding tert-OH is 1. The fraction of sp³-hybridized carbons (Fsp3) is 0.360. The lowest BCUT2D eigenvalue weighted by atomic mass is 10.0. The van der Waals surface area contributed by atoms with Crippen LogP contribution in [0.3, 0.4) is 0 Å². The lowest BCUT2D eigenvalue weighted by Crippen LogP contribution is -2.50. The number of hydrogen-bond donors (Lipinski definition) is 2. The summed E-state index contributed by atoms with van der Waals surface area (Å²) in [6.07, 6.45) is -1.23. The van der Waals surface area contributed by atoms with E-state index in [2.05, 4.69) is 0 Å². The number of benzene rings is 2. The molecule has 1 amide bonds. The summed E-state index contributed by atoms with van der Waals surface area (Å²) < 4.78 is 38.7. The minimum atomic E-state index is -4.43. The average molecular weight is 476 g/mol. The Morgan fingerprint density at radius 2 is 1.85 bits per heavy atom. The predicted molar refractivity (Wildman–Crippen MR) is 120 cm³/mol. The first kappa shape index (κ1) is 25.5. The van der Waals surface area contributed by atoms with E-state index in [0.717, 1.165) is 29.3 Å². The van der Waals surface area contributed by atoms with Gasteiger partial charge < -0.3 is 10.2 Å². The first-order valence-electron chi connectivity index (χ1n) is 11.0. The molecule has 34 heavy (non-hydrogen) atoms. The Morgan fingerprint density at radius 3 is 2.53 bits per heavy atom. The zero-order chi connectivity index (χ0) is 24.7. The molecule has 6 nitrogen and oxygen atoms in total. The number of carboxylic acids is 1. The molecular formula is C25H27F3N2O4. The molecule has 3 rings (SSSR count). The summed E-state index contributed by atoms with van der Waals surface area (Å²) in [5.41, 5.74) is 1.27. The van der Waals surface area contributed by atoms with Crippen LogP contribution in [0.1, 0.15) is 41.5 Å². The highest BCUT2D eigenvalue weighted by Crippen LogP contribution is 2.30. The molecule has 9 heteroatoms. The number of aliphatic carboxylic acids is 1. The molecule has 0 spiro atoms. The van der Waals surface area contributed by atoms with Crippen molar-refractivity contribution in [3.63, 3.8) is 0 Å². The van der Waals surface area contributed by atoms with Crippen LogP contribution in [-0.2, 0) is 28.7 Å². The fourth-order valence-electron chi connectivity index (χ4n) is 3.86. The Hall–Kier alpha value is -3.17. The van der Waals surface area contributed by atoms with Gasteiger partial charge in [0.2, 0.25) is 5.91 Å². The smallest absolute Gasteiger partial charge is 0.416 e. The van der Waals surface area contributed by atoms with Crippen LogP contribution in [0.5, 0.6) is 0 Å². The summed E-state index contributed by atoms with van der Waals surface area (Å²) in [5.74, 6) is -1.07. The van der Waals surface area contributed by atoms with E-state index >= 15 is 0 Å². The van der Waals surface area contributed by atoms with Crippen molar-refractivity contribution in [1.82, 2.24) is 10.0 Å². The van der Waals surface area contributed by atoms with Gasteiger partial charge in [-0.25, -0.2) is 9.80 Å². The molecule has 1 saturated heterocycles. The van der Waals surface area contributed by atoms with E-state index in [1.165, 1.54) is 12.1 Å². The van der Waals surface area contributed by atoms with Gasteiger partial charge in [0.15, 0.2) is 0 Å². The third kappa shape index (κ3) is 7.43. The number of carbonyl (C=O) groups is 2. The summed E-state index contributed by atoms with van der Waals surface area (Å²) in [7, 11) is 0. The van der Waals surface area contributed by atoms with Gasteiger partial charge in [-0.2, -0.15) is 13.2 Å². The average Bonchev–Trinajstić information content (AvgIpc) is 2.78. The molecule has 1 aliphatic heterocycles. The zero-order valence-corrected chi connectivity index (χ0v) is 18.5. The molecule has 1 unspecified atom stereocenters. The van der Waals surface area contributed by atoms with Crippen molar-refractivity contribution in [1.29, 1.82) is 0 Å². The van der Waals surface area contributed by atoms with Crippen LogP contribution in [0, 0.1) is 0 Å². The van der Waals surface area contributed by atoms with Crippen molar-refractivity contribution < 1.29 is 33.0 Å². The summed E-state index contributed by atoms with van der Waals surface area (Å²) in [6, 6.07) is 12.1. The Labute approximate surface area is 195 Å². The van der Waals surface area contributed by atoms with Crippen LogP contribution >= 0.6 is 0 Å². The number of halogens is 3. The van der Waals surface area contributed by atoms with Gasteiger partial charge in [-0.05, 0) is 48.1 Å². The SMILES string of the molecule is O=C(O)C=Cc1ccc(CN2C(=O)CCCN2CCC(O)Cc2cccc(C(F)(F)F)c2)cc1. The fourth-order valence-corrected chi connectivity index (χ4v) is 3.86. The zero-order valence-electron chi connectivity index (χ0n) is 18.5. The molecule has 0 saturated carbocycles. The van der Waals surface area contributed by atoms with E-state index in [1.54, 1.807) is 23.2 Å². The highest BCUT2D eigenvalue weighted by Gasteiger charge is 2.30. The monoisotopic (exact) mass is 476 g/mol. The minimum absolute atomic E-state index is 0.0338. The molecule has 0 radical (unpaired) electrons. The molecule has 2 aromatic rings. The number of aliphatic hydroxyl groups is 1. The van der Waals surface area contributed by atoms with Gasteiger partial charge >= 0.3 is 12.1 Å². The molecule has 182 valence electrons. The maximum absolute atomic E-state index is 12.9. The molecular weight excluding hydrogens is 449 g/mol. The third-order valence-corrected chi connectivity index (χ3v) is 5.61. The Kier molecular flexibility index (Phi) is 8.46. The first-order valence-corrected chi connectivity index (χ1v) is 11.0. The van der Waals surface area contributed by atoms with Crippen molar-refractivity contribution >= 4 is 18.0 Å². The van der Waals surface area contributed by atoms with Gasteiger partial charge in [0.05, 0.1) is 18.2 Å². The summed E-state index contributed by atoms with van der Waals surface area (Å²) in [6.45, 7) is 1.37. The third-order valence-electron chi connectivity index (χ3n) is 5.61. The number of carbonyl (C=O) groups excluding carboxylic acids is 1. The van der Waals surface area contributed by atoms with Crippen LogP contribution in [0.15, 0.2) is 54.6 Å². The van der Waals surface area contributed by atoms with E-state index in [9.17, 15) is 27.9 Å². The second-order valence-electron chi connectivity index (χ2n) is 8.27. The number of nitrogens with zero attached hydrogens (tertiary/aromatic N) is 2. The normalized spacial score (nSPS) is 16.2. The largest absolute Gasteiger partial charge is 0.478 e. The number of hydrogen-bond acceptors (Lipinski definition) is 4. The Bertz CT molecular complexity index is 1020. The first-order chi connectivity index (χ1) is 16.1. The quantitative estimate of drug-likeness (QED) is 0.532. The number of amides is 1.